The van der Waals surface area contributed by atoms with Crippen molar-refractivity contribution in [2.45, 2.75) is 33.2 Å². The summed E-state index contributed by atoms with van der Waals surface area (Å²) in [5.41, 5.74) is 3.97. The van der Waals surface area contributed by atoms with E-state index in [9.17, 15) is 4.39 Å². The summed E-state index contributed by atoms with van der Waals surface area (Å²) < 4.78 is 23.2. The van der Waals surface area contributed by atoms with Gasteiger partial charge in [-0.05, 0) is 31.9 Å². The minimum absolute atomic E-state index is 0.298. The fraction of sp³-hybridized carbons (Fsp3) is 0.250. The van der Waals surface area contributed by atoms with Gasteiger partial charge in [-0.15, -0.1) is 0 Å². The Morgan fingerprint density at radius 1 is 1.06 bits per heavy atom. The largest absolute Gasteiger partial charge is 0.339 e. The normalized spacial score (nSPS) is 11.5. The van der Waals surface area contributed by atoms with Crippen molar-refractivity contribution in [3.05, 3.63) is 71.4 Å². The van der Waals surface area contributed by atoms with Gasteiger partial charge in [0.25, 0.3) is 5.78 Å². The monoisotopic (exact) mass is 419 g/mol. The van der Waals surface area contributed by atoms with Gasteiger partial charge in [0.1, 0.15) is 24.8 Å². The van der Waals surface area contributed by atoms with E-state index in [1.54, 1.807) is 27.7 Å². The van der Waals surface area contributed by atoms with Crippen LogP contribution in [0.5, 0.6) is 0 Å². The average Bonchev–Trinajstić information content (AvgIpc) is 3.51. The molecule has 0 unspecified atom stereocenters. The molecule has 0 N–H and O–H groups in total. The lowest BCUT2D eigenvalue weighted by molar-refractivity contribution is 0.378. The molecule has 0 saturated heterocycles. The highest BCUT2D eigenvalue weighted by Gasteiger charge is 2.15. The number of hydrogen-bond donors (Lipinski definition) is 0. The van der Waals surface area contributed by atoms with E-state index in [1.807, 2.05) is 13.8 Å². The van der Waals surface area contributed by atoms with E-state index in [1.165, 1.54) is 18.7 Å². The third-order valence-corrected chi connectivity index (χ3v) is 5.16. The SMILES string of the molecule is Cc1nc2ncnn2c(C)c1CCc1nc(-c2ccc(Cn3cncn3)c(F)c2)no1. The van der Waals surface area contributed by atoms with Crippen LogP contribution >= 0.6 is 0 Å². The third kappa shape index (κ3) is 3.65. The van der Waals surface area contributed by atoms with Gasteiger partial charge < -0.3 is 4.52 Å². The minimum Gasteiger partial charge on any atom is -0.339 e. The quantitative estimate of drug-likeness (QED) is 0.412. The Bertz CT molecular complexity index is 1360. The van der Waals surface area contributed by atoms with E-state index in [2.05, 4.69) is 35.3 Å². The molecule has 1 aromatic carbocycles. The van der Waals surface area contributed by atoms with Gasteiger partial charge in [-0.3, -0.25) is 0 Å². The van der Waals surface area contributed by atoms with Crippen LogP contribution in [0.25, 0.3) is 17.2 Å². The number of halogens is 1. The molecule has 0 aliphatic carbocycles. The Morgan fingerprint density at radius 3 is 2.77 bits per heavy atom. The van der Waals surface area contributed by atoms with Crippen LogP contribution in [0.15, 0.2) is 41.7 Å². The zero-order valence-electron chi connectivity index (χ0n) is 16.9. The van der Waals surface area contributed by atoms with E-state index in [-0.39, 0.29) is 5.82 Å². The van der Waals surface area contributed by atoms with Gasteiger partial charge in [0, 0.05) is 28.9 Å². The molecular weight excluding hydrogens is 401 g/mol. The molecule has 5 aromatic rings. The van der Waals surface area contributed by atoms with Crippen LogP contribution in [0.2, 0.25) is 0 Å². The van der Waals surface area contributed by atoms with Crippen LogP contribution in [-0.4, -0.2) is 44.5 Å². The van der Waals surface area contributed by atoms with Crippen molar-refractivity contribution in [2.75, 3.05) is 0 Å². The summed E-state index contributed by atoms with van der Waals surface area (Å²) in [6.07, 6.45) is 5.63. The van der Waals surface area contributed by atoms with Gasteiger partial charge in [-0.1, -0.05) is 17.3 Å². The van der Waals surface area contributed by atoms with Crippen molar-refractivity contribution >= 4 is 5.78 Å². The van der Waals surface area contributed by atoms with Crippen molar-refractivity contribution in [3.8, 4) is 11.4 Å². The number of benzene rings is 1. The molecule has 4 heterocycles. The molecule has 0 radical (unpaired) electrons. The average molecular weight is 419 g/mol. The van der Waals surface area contributed by atoms with Crippen LogP contribution in [0.4, 0.5) is 4.39 Å². The number of aryl methyl sites for hydroxylation is 3. The Morgan fingerprint density at radius 2 is 1.97 bits per heavy atom. The van der Waals surface area contributed by atoms with Crippen LogP contribution in [0.3, 0.4) is 0 Å². The van der Waals surface area contributed by atoms with Gasteiger partial charge in [0.15, 0.2) is 0 Å². The van der Waals surface area contributed by atoms with E-state index in [0.717, 1.165) is 17.0 Å². The summed E-state index contributed by atoms with van der Waals surface area (Å²) in [6, 6.07) is 4.85. The van der Waals surface area contributed by atoms with Gasteiger partial charge in [-0.25, -0.2) is 23.6 Å². The first-order valence-electron chi connectivity index (χ1n) is 9.68. The Labute approximate surface area is 175 Å². The first kappa shape index (κ1) is 19.0. The maximum absolute atomic E-state index is 14.5. The molecule has 0 saturated carbocycles. The fourth-order valence-electron chi connectivity index (χ4n) is 3.53. The predicted octanol–water partition coefficient (Wildman–Crippen LogP) is 2.36. The fourth-order valence-corrected chi connectivity index (χ4v) is 3.53. The van der Waals surface area contributed by atoms with Crippen molar-refractivity contribution in [3.63, 3.8) is 0 Å². The van der Waals surface area contributed by atoms with Crippen LogP contribution in [-0.2, 0) is 19.4 Å². The molecule has 0 aliphatic rings. The van der Waals surface area contributed by atoms with Crippen molar-refractivity contribution in [1.29, 1.82) is 0 Å². The van der Waals surface area contributed by atoms with E-state index < -0.39 is 0 Å². The second kappa shape index (κ2) is 7.67. The molecule has 11 heteroatoms. The lowest BCUT2D eigenvalue weighted by Crippen LogP contribution is -2.07. The molecule has 0 aliphatic heterocycles. The summed E-state index contributed by atoms with van der Waals surface area (Å²) in [5.74, 6) is 1.03. The summed E-state index contributed by atoms with van der Waals surface area (Å²) in [5, 5.41) is 12.2. The highest BCUT2D eigenvalue weighted by molar-refractivity contribution is 5.55. The van der Waals surface area contributed by atoms with Gasteiger partial charge in [-0.2, -0.15) is 20.2 Å². The van der Waals surface area contributed by atoms with E-state index in [0.29, 0.717) is 48.0 Å². The molecular formula is C20H18FN9O. The number of hydrogen-bond acceptors (Lipinski definition) is 8. The lowest BCUT2D eigenvalue weighted by atomic mass is 10.1. The van der Waals surface area contributed by atoms with Crippen molar-refractivity contribution in [2.24, 2.45) is 0 Å². The maximum atomic E-state index is 14.5. The molecule has 0 amide bonds. The van der Waals surface area contributed by atoms with Crippen LogP contribution < -0.4 is 0 Å². The molecule has 10 nitrogen and oxygen atoms in total. The highest BCUT2D eigenvalue weighted by atomic mass is 19.1. The van der Waals surface area contributed by atoms with E-state index in [4.69, 9.17) is 4.52 Å². The molecule has 156 valence electrons. The maximum Gasteiger partial charge on any atom is 0.252 e. The second-order valence-electron chi connectivity index (χ2n) is 7.14. The highest BCUT2D eigenvalue weighted by Crippen LogP contribution is 2.21. The standard InChI is InChI=1S/C20H18FN9O/c1-12-16(13(2)30-20(26-12)23-10-25-30)5-6-18-27-19(28-31-18)14-3-4-15(17(21)7-14)8-29-11-22-9-24-29/h3-4,7,9-11H,5-6,8H2,1-2H3. The van der Waals surface area contributed by atoms with Crippen molar-refractivity contribution < 1.29 is 8.91 Å². The summed E-state index contributed by atoms with van der Waals surface area (Å²) in [6.45, 7) is 4.22. The molecule has 0 fully saturated rings. The lowest BCUT2D eigenvalue weighted by Gasteiger charge is -2.08. The first-order valence-corrected chi connectivity index (χ1v) is 9.68. The molecule has 4 aromatic heterocycles. The Kier molecular flexibility index (Phi) is 4.69. The molecule has 0 spiro atoms. The van der Waals surface area contributed by atoms with Crippen LogP contribution in [0.1, 0.15) is 28.4 Å². The topological polar surface area (TPSA) is 113 Å². The van der Waals surface area contributed by atoms with Crippen LogP contribution in [0, 0.1) is 19.7 Å². The Hall–Kier alpha value is -4.02. The number of aromatic nitrogens is 9. The molecule has 5 rings (SSSR count). The Balaban J connectivity index is 1.32. The van der Waals surface area contributed by atoms with Crippen molar-refractivity contribution in [1.82, 2.24) is 44.5 Å². The summed E-state index contributed by atoms with van der Waals surface area (Å²) in [7, 11) is 0. The number of nitrogens with zero attached hydrogens (tertiary/aromatic N) is 9. The first-order chi connectivity index (χ1) is 15.1. The smallest absolute Gasteiger partial charge is 0.252 e. The zero-order valence-corrected chi connectivity index (χ0v) is 16.9. The summed E-state index contributed by atoms with van der Waals surface area (Å²) in [4.78, 5) is 16.9. The number of rotatable bonds is 6. The zero-order chi connectivity index (χ0) is 21.4. The third-order valence-electron chi connectivity index (χ3n) is 5.16. The van der Waals surface area contributed by atoms with Gasteiger partial charge in [0.2, 0.25) is 11.7 Å². The molecule has 0 atom stereocenters. The summed E-state index contributed by atoms with van der Waals surface area (Å²) >= 11 is 0. The number of fused-ring (bicyclic) bond motifs is 1. The second-order valence-corrected chi connectivity index (χ2v) is 7.14. The minimum atomic E-state index is -0.363. The van der Waals surface area contributed by atoms with E-state index >= 15 is 0 Å². The molecule has 0 bridgehead atoms. The predicted molar refractivity (Wildman–Crippen MR) is 106 cm³/mol. The van der Waals surface area contributed by atoms with Gasteiger partial charge >= 0.3 is 0 Å². The molecule has 31 heavy (non-hydrogen) atoms. The van der Waals surface area contributed by atoms with Gasteiger partial charge in [0.05, 0.1) is 6.54 Å².